The van der Waals surface area contributed by atoms with Crippen molar-refractivity contribution in [2.24, 2.45) is 5.92 Å². The lowest BCUT2D eigenvalue weighted by molar-refractivity contribution is -0.115. The lowest BCUT2D eigenvalue weighted by Gasteiger charge is -2.32. The minimum atomic E-state index is -0.0227. The number of aromatic nitrogens is 1. The lowest BCUT2D eigenvalue weighted by atomic mass is 9.99. The maximum Gasteiger partial charge on any atom is 0.230 e. The zero-order valence-electron chi connectivity index (χ0n) is 12.8. The van der Waals surface area contributed by atoms with Gasteiger partial charge in [0, 0.05) is 29.8 Å². The van der Waals surface area contributed by atoms with Crippen LogP contribution < -0.4 is 10.2 Å². The number of thiazole rings is 1. The van der Waals surface area contributed by atoms with Crippen molar-refractivity contribution in [1.82, 2.24) is 4.98 Å². The molecule has 1 aromatic heterocycles. The topological polar surface area (TPSA) is 45.2 Å². The molecule has 0 bridgehead atoms. The predicted octanol–water partition coefficient (Wildman–Crippen LogP) is 3.56. The van der Waals surface area contributed by atoms with E-state index in [1.165, 1.54) is 29.9 Å². The van der Waals surface area contributed by atoms with Crippen LogP contribution in [0.25, 0.3) is 0 Å². The molecule has 1 amide bonds. The maximum absolute atomic E-state index is 11.9. The molecule has 1 N–H and O–H groups in total. The lowest BCUT2D eigenvalue weighted by Crippen LogP contribution is -2.32. The summed E-state index contributed by atoms with van der Waals surface area (Å²) in [6.07, 6.45) is 2.84. The molecule has 1 fully saturated rings. The average molecular weight is 315 g/mol. The van der Waals surface area contributed by atoms with Crippen molar-refractivity contribution in [3.63, 3.8) is 0 Å². The van der Waals surface area contributed by atoms with E-state index in [1.54, 1.807) is 5.51 Å². The predicted molar refractivity (Wildman–Crippen MR) is 91.5 cm³/mol. The molecule has 0 radical (unpaired) electrons. The smallest absolute Gasteiger partial charge is 0.230 e. The Morgan fingerprint density at radius 2 is 2.05 bits per heavy atom. The quantitative estimate of drug-likeness (QED) is 0.938. The average Bonchev–Trinajstić information content (AvgIpc) is 3.02. The minimum Gasteiger partial charge on any atom is -0.372 e. The summed E-state index contributed by atoms with van der Waals surface area (Å²) in [4.78, 5) is 18.5. The highest BCUT2D eigenvalue weighted by Gasteiger charge is 2.15. The van der Waals surface area contributed by atoms with Gasteiger partial charge >= 0.3 is 0 Å². The second-order valence-electron chi connectivity index (χ2n) is 5.92. The summed E-state index contributed by atoms with van der Waals surface area (Å²) in [5.41, 5.74) is 4.65. The van der Waals surface area contributed by atoms with E-state index in [1.807, 2.05) is 17.5 Å². The molecule has 0 saturated carbocycles. The highest BCUT2D eigenvalue weighted by molar-refractivity contribution is 7.07. The summed E-state index contributed by atoms with van der Waals surface area (Å²) < 4.78 is 0. The third kappa shape index (κ3) is 3.85. The van der Waals surface area contributed by atoms with E-state index < -0.39 is 0 Å². The summed E-state index contributed by atoms with van der Waals surface area (Å²) in [5.74, 6) is 0.811. The molecule has 2 aromatic rings. The van der Waals surface area contributed by atoms with Gasteiger partial charge < -0.3 is 10.2 Å². The molecule has 1 aromatic carbocycles. The number of nitrogens with zero attached hydrogens (tertiary/aromatic N) is 2. The number of amides is 1. The summed E-state index contributed by atoms with van der Waals surface area (Å²) in [7, 11) is 0. The minimum absolute atomic E-state index is 0.0227. The van der Waals surface area contributed by atoms with Gasteiger partial charge in [-0.05, 0) is 43.0 Å². The molecule has 1 aliphatic rings. The van der Waals surface area contributed by atoms with Crippen LogP contribution in [0.2, 0.25) is 0 Å². The zero-order chi connectivity index (χ0) is 15.4. The van der Waals surface area contributed by atoms with E-state index in [-0.39, 0.29) is 5.91 Å². The fourth-order valence-electron chi connectivity index (χ4n) is 2.72. The molecule has 2 heterocycles. The van der Waals surface area contributed by atoms with Crippen LogP contribution >= 0.6 is 11.3 Å². The number of anilines is 2. The number of carbonyl (C=O) groups excluding carboxylic acids is 1. The Hall–Kier alpha value is -1.88. The van der Waals surface area contributed by atoms with Crippen LogP contribution in [0.15, 0.2) is 35.2 Å². The third-order valence-corrected chi connectivity index (χ3v) is 4.76. The van der Waals surface area contributed by atoms with Gasteiger partial charge in [-0.3, -0.25) is 4.79 Å². The van der Waals surface area contributed by atoms with E-state index >= 15 is 0 Å². The first-order valence-electron chi connectivity index (χ1n) is 7.72. The summed E-state index contributed by atoms with van der Waals surface area (Å²) >= 11 is 1.51. The number of carbonyl (C=O) groups is 1. The molecule has 22 heavy (non-hydrogen) atoms. The van der Waals surface area contributed by atoms with Gasteiger partial charge in [-0.15, -0.1) is 11.3 Å². The summed E-state index contributed by atoms with van der Waals surface area (Å²) in [6, 6.07) is 8.14. The van der Waals surface area contributed by atoms with Crippen molar-refractivity contribution in [3.8, 4) is 0 Å². The highest BCUT2D eigenvalue weighted by Crippen LogP contribution is 2.24. The molecule has 1 aliphatic heterocycles. The molecule has 3 rings (SSSR count). The van der Waals surface area contributed by atoms with Crippen LogP contribution in [0.1, 0.15) is 25.5 Å². The van der Waals surface area contributed by atoms with Crippen LogP contribution in [0.4, 0.5) is 11.4 Å². The molecule has 0 atom stereocenters. The van der Waals surface area contributed by atoms with Gasteiger partial charge in [0.25, 0.3) is 0 Å². The van der Waals surface area contributed by atoms with Gasteiger partial charge in [0.1, 0.15) is 0 Å². The Kier molecular flexibility index (Phi) is 4.73. The van der Waals surface area contributed by atoms with Crippen molar-refractivity contribution < 1.29 is 4.79 Å². The van der Waals surface area contributed by atoms with Crippen LogP contribution in [0, 0.1) is 5.92 Å². The Labute approximate surface area is 135 Å². The first kappa shape index (κ1) is 15.0. The number of benzene rings is 1. The fraction of sp³-hybridized carbons (Fsp3) is 0.412. The van der Waals surface area contributed by atoms with E-state index in [0.29, 0.717) is 6.42 Å². The molecule has 0 spiro atoms. The standard InChI is InChI=1S/C17H21N3OS/c1-13-6-8-20(9-7-13)16-4-2-14(3-5-16)19-17(21)10-15-11-22-12-18-15/h2-5,11-13H,6-10H2,1H3,(H,19,21). The van der Waals surface area contributed by atoms with E-state index in [2.05, 4.69) is 34.3 Å². The molecule has 116 valence electrons. The SMILES string of the molecule is CC1CCN(c2ccc(NC(=O)Cc3cscn3)cc2)CC1. The van der Waals surface area contributed by atoms with Gasteiger partial charge in [-0.2, -0.15) is 0 Å². The van der Waals surface area contributed by atoms with E-state index in [9.17, 15) is 4.79 Å². The monoisotopic (exact) mass is 315 g/mol. The molecular weight excluding hydrogens is 294 g/mol. The number of hydrogen-bond acceptors (Lipinski definition) is 4. The largest absolute Gasteiger partial charge is 0.372 e. The Morgan fingerprint density at radius 1 is 1.32 bits per heavy atom. The third-order valence-electron chi connectivity index (χ3n) is 4.12. The van der Waals surface area contributed by atoms with Crippen molar-refractivity contribution >= 4 is 28.6 Å². The Morgan fingerprint density at radius 3 is 2.68 bits per heavy atom. The van der Waals surface area contributed by atoms with Crippen LogP contribution in [0.3, 0.4) is 0 Å². The normalized spacial score (nSPS) is 15.8. The van der Waals surface area contributed by atoms with Crippen molar-refractivity contribution in [2.75, 3.05) is 23.3 Å². The van der Waals surface area contributed by atoms with Gasteiger partial charge in [-0.1, -0.05) is 6.92 Å². The molecule has 0 aliphatic carbocycles. The van der Waals surface area contributed by atoms with Crippen molar-refractivity contribution in [1.29, 1.82) is 0 Å². The van der Waals surface area contributed by atoms with Gasteiger partial charge in [0.2, 0.25) is 5.91 Å². The Balaban J connectivity index is 1.56. The zero-order valence-corrected chi connectivity index (χ0v) is 13.6. The number of nitrogens with one attached hydrogen (secondary N) is 1. The van der Waals surface area contributed by atoms with Crippen molar-refractivity contribution in [2.45, 2.75) is 26.2 Å². The first-order chi connectivity index (χ1) is 10.7. The molecule has 5 heteroatoms. The van der Waals surface area contributed by atoms with E-state index in [0.717, 1.165) is 30.4 Å². The Bertz CT molecular complexity index is 601. The number of rotatable bonds is 4. The first-order valence-corrected chi connectivity index (χ1v) is 8.67. The molecular formula is C17H21N3OS. The van der Waals surface area contributed by atoms with Crippen molar-refractivity contribution in [3.05, 3.63) is 40.8 Å². The molecule has 0 unspecified atom stereocenters. The van der Waals surface area contributed by atoms with Gasteiger partial charge in [0.05, 0.1) is 17.6 Å². The van der Waals surface area contributed by atoms with Gasteiger partial charge in [0.15, 0.2) is 0 Å². The number of hydrogen-bond donors (Lipinski definition) is 1. The maximum atomic E-state index is 11.9. The van der Waals surface area contributed by atoms with Crippen LogP contribution in [-0.4, -0.2) is 24.0 Å². The summed E-state index contributed by atoms with van der Waals surface area (Å²) in [5, 5.41) is 4.83. The summed E-state index contributed by atoms with van der Waals surface area (Å²) in [6.45, 7) is 4.56. The number of piperidine rings is 1. The molecule has 1 saturated heterocycles. The van der Waals surface area contributed by atoms with E-state index in [4.69, 9.17) is 0 Å². The van der Waals surface area contributed by atoms with Crippen LogP contribution in [0.5, 0.6) is 0 Å². The second-order valence-corrected chi connectivity index (χ2v) is 6.64. The van der Waals surface area contributed by atoms with Crippen LogP contribution in [-0.2, 0) is 11.2 Å². The van der Waals surface area contributed by atoms with Gasteiger partial charge in [-0.25, -0.2) is 4.98 Å². The molecule has 4 nitrogen and oxygen atoms in total. The fourth-order valence-corrected chi connectivity index (χ4v) is 3.28. The second kappa shape index (κ2) is 6.92. The highest BCUT2D eigenvalue weighted by atomic mass is 32.1.